The second-order valence-corrected chi connectivity index (χ2v) is 4.56. The highest BCUT2D eigenvalue weighted by atomic mass is 19.3. The predicted molar refractivity (Wildman–Crippen MR) is 73.8 cm³/mol. The molecule has 0 spiro atoms. The quantitative estimate of drug-likeness (QED) is 0.788. The minimum Gasteiger partial charge on any atom is -0.461 e. The minimum atomic E-state index is -4.13. The Morgan fingerprint density at radius 2 is 1.91 bits per heavy atom. The SMILES string of the molecule is CCOC(=O)C(F)(F)c1cccc(Oc2ncc(C)cn2)c1F. The summed E-state index contributed by atoms with van der Waals surface area (Å²) in [6.07, 6.45) is 2.86. The van der Waals surface area contributed by atoms with Crippen molar-refractivity contribution in [3.63, 3.8) is 0 Å². The highest BCUT2D eigenvalue weighted by molar-refractivity contribution is 5.79. The number of carbonyl (C=O) groups excluding carboxylic acids is 1. The van der Waals surface area contributed by atoms with E-state index in [1.165, 1.54) is 19.3 Å². The Hall–Kier alpha value is -2.64. The van der Waals surface area contributed by atoms with Crippen molar-refractivity contribution in [2.24, 2.45) is 0 Å². The number of alkyl halides is 2. The lowest BCUT2D eigenvalue weighted by Crippen LogP contribution is -2.29. The van der Waals surface area contributed by atoms with E-state index in [-0.39, 0.29) is 12.6 Å². The second-order valence-electron chi connectivity index (χ2n) is 4.56. The first kappa shape index (κ1) is 16.7. The smallest absolute Gasteiger partial charge is 0.382 e. The number of halogens is 3. The number of carbonyl (C=O) groups is 1. The summed E-state index contributed by atoms with van der Waals surface area (Å²) in [5.41, 5.74) is -0.388. The Labute approximate surface area is 130 Å². The molecular formula is C15H13F3N2O3. The zero-order valence-corrected chi connectivity index (χ0v) is 12.3. The molecule has 1 aromatic carbocycles. The lowest BCUT2D eigenvalue weighted by atomic mass is 10.1. The van der Waals surface area contributed by atoms with E-state index >= 15 is 0 Å². The van der Waals surface area contributed by atoms with Crippen LogP contribution in [0, 0.1) is 12.7 Å². The van der Waals surface area contributed by atoms with Crippen LogP contribution in [0.3, 0.4) is 0 Å². The summed E-state index contributed by atoms with van der Waals surface area (Å²) in [6, 6.07) is 2.85. The average Bonchev–Trinajstić information content (AvgIpc) is 2.51. The number of hydrogen-bond acceptors (Lipinski definition) is 5. The zero-order chi connectivity index (χ0) is 17.0. The van der Waals surface area contributed by atoms with E-state index in [0.717, 1.165) is 23.8 Å². The second kappa shape index (κ2) is 6.64. The molecule has 0 saturated heterocycles. The van der Waals surface area contributed by atoms with Crippen molar-refractivity contribution >= 4 is 5.97 Å². The molecule has 2 aromatic rings. The maximum absolute atomic E-state index is 14.3. The fraction of sp³-hybridized carbons (Fsp3) is 0.267. The van der Waals surface area contributed by atoms with E-state index < -0.39 is 29.0 Å². The Balaban J connectivity index is 2.34. The van der Waals surface area contributed by atoms with E-state index in [4.69, 9.17) is 4.74 Å². The number of rotatable bonds is 5. The van der Waals surface area contributed by atoms with Gasteiger partial charge in [0.1, 0.15) is 0 Å². The molecule has 2 rings (SSSR count). The molecule has 8 heteroatoms. The van der Waals surface area contributed by atoms with Crippen LogP contribution in [0.4, 0.5) is 13.2 Å². The van der Waals surface area contributed by atoms with E-state index in [0.29, 0.717) is 0 Å². The molecule has 0 saturated carbocycles. The third-order valence-electron chi connectivity index (χ3n) is 2.79. The van der Waals surface area contributed by atoms with Gasteiger partial charge in [-0.3, -0.25) is 0 Å². The summed E-state index contributed by atoms with van der Waals surface area (Å²) >= 11 is 0. The molecule has 23 heavy (non-hydrogen) atoms. The van der Waals surface area contributed by atoms with E-state index in [1.807, 2.05) is 0 Å². The monoisotopic (exact) mass is 326 g/mol. The van der Waals surface area contributed by atoms with E-state index in [2.05, 4.69) is 14.7 Å². The Kier molecular flexibility index (Phi) is 4.83. The van der Waals surface area contributed by atoms with Crippen molar-refractivity contribution in [2.75, 3.05) is 6.61 Å². The topological polar surface area (TPSA) is 61.3 Å². The van der Waals surface area contributed by atoms with Gasteiger partial charge in [0.15, 0.2) is 11.6 Å². The Bertz CT molecular complexity index is 706. The summed E-state index contributed by atoms with van der Waals surface area (Å²) in [5, 5.41) is 0. The van der Waals surface area contributed by atoms with Crippen molar-refractivity contribution in [3.8, 4) is 11.8 Å². The Morgan fingerprint density at radius 1 is 1.26 bits per heavy atom. The fourth-order valence-electron chi connectivity index (χ4n) is 1.70. The molecule has 5 nitrogen and oxygen atoms in total. The number of nitrogens with zero attached hydrogens (tertiary/aromatic N) is 2. The molecule has 1 aromatic heterocycles. The summed E-state index contributed by atoms with van der Waals surface area (Å²) < 4.78 is 51.5. The van der Waals surface area contributed by atoms with Gasteiger partial charge in [0, 0.05) is 12.4 Å². The van der Waals surface area contributed by atoms with Gasteiger partial charge in [-0.1, -0.05) is 6.07 Å². The third kappa shape index (κ3) is 3.58. The maximum Gasteiger partial charge on any atom is 0.382 e. The molecule has 0 radical (unpaired) electrons. The van der Waals surface area contributed by atoms with Crippen molar-refractivity contribution < 1.29 is 27.4 Å². The number of esters is 1. The maximum atomic E-state index is 14.3. The van der Waals surface area contributed by atoms with Crippen LogP contribution in [0.15, 0.2) is 30.6 Å². The molecule has 1 heterocycles. The average molecular weight is 326 g/mol. The standard InChI is InChI=1S/C15H13F3N2O3/c1-3-22-13(21)15(17,18)10-5-4-6-11(12(10)16)23-14-19-7-9(2)8-20-14/h4-8H,3H2,1-2H3. The van der Waals surface area contributed by atoms with Crippen molar-refractivity contribution in [3.05, 3.63) is 47.5 Å². The molecular weight excluding hydrogens is 313 g/mol. The number of hydrogen-bond donors (Lipinski definition) is 0. The van der Waals surface area contributed by atoms with Gasteiger partial charge in [0.25, 0.3) is 0 Å². The van der Waals surface area contributed by atoms with Crippen LogP contribution >= 0.6 is 0 Å². The van der Waals surface area contributed by atoms with Crippen molar-refractivity contribution in [1.82, 2.24) is 9.97 Å². The molecule has 0 amide bonds. The third-order valence-corrected chi connectivity index (χ3v) is 2.79. The number of aryl methyl sites for hydroxylation is 1. The molecule has 122 valence electrons. The van der Waals surface area contributed by atoms with Gasteiger partial charge in [-0.25, -0.2) is 19.2 Å². The molecule has 0 atom stereocenters. The van der Waals surface area contributed by atoms with Crippen LogP contribution in [-0.4, -0.2) is 22.5 Å². The molecule has 0 fully saturated rings. The predicted octanol–water partition coefficient (Wildman–Crippen LogP) is 3.37. The summed E-state index contributed by atoms with van der Waals surface area (Å²) in [4.78, 5) is 18.9. The largest absolute Gasteiger partial charge is 0.461 e. The molecule has 0 aliphatic heterocycles. The molecule has 0 aliphatic carbocycles. The molecule has 0 unspecified atom stereocenters. The van der Waals surface area contributed by atoms with Crippen molar-refractivity contribution in [2.45, 2.75) is 19.8 Å². The normalized spacial score (nSPS) is 11.2. The van der Waals surface area contributed by atoms with Crippen molar-refractivity contribution in [1.29, 1.82) is 0 Å². The van der Waals surface area contributed by atoms with Crippen LogP contribution in [0.2, 0.25) is 0 Å². The highest BCUT2D eigenvalue weighted by Crippen LogP contribution is 2.35. The van der Waals surface area contributed by atoms with Gasteiger partial charge in [-0.2, -0.15) is 8.78 Å². The molecule has 0 N–H and O–H groups in total. The van der Waals surface area contributed by atoms with Crippen LogP contribution in [0.25, 0.3) is 0 Å². The fourth-order valence-corrected chi connectivity index (χ4v) is 1.70. The van der Waals surface area contributed by atoms with Crippen LogP contribution in [0.5, 0.6) is 11.8 Å². The van der Waals surface area contributed by atoms with Gasteiger partial charge in [-0.15, -0.1) is 0 Å². The van der Waals surface area contributed by atoms with Crippen LogP contribution in [0.1, 0.15) is 18.1 Å². The van der Waals surface area contributed by atoms with Gasteiger partial charge in [0.2, 0.25) is 0 Å². The van der Waals surface area contributed by atoms with Gasteiger partial charge in [0.05, 0.1) is 12.2 Å². The Morgan fingerprint density at radius 3 is 2.52 bits per heavy atom. The van der Waals surface area contributed by atoms with Crippen LogP contribution in [-0.2, 0) is 15.5 Å². The van der Waals surface area contributed by atoms with E-state index in [9.17, 15) is 18.0 Å². The van der Waals surface area contributed by atoms with Gasteiger partial charge in [-0.05, 0) is 31.5 Å². The number of ether oxygens (including phenoxy) is 2. The van der Waals surface area contributed by atoms with Gasteiger partial charge < -0.3 is 9.47 Å². The first-order valence-corrected chi connectivity index (χ1v) is 6.66. The lowest BCUT2D eigenvalue weighted by molar-refractivity contribution is -0.173. The van der Waals surface area contributed by atoms with E-state index in [1.54, 1.807) is 6.92 Å². The highest BCUT2D eigenvalue weighted by Gasteiger charge is 2.45. The number of benzene rings is 1. The summed E-state index contributed by atoms with van der Waals surface area (Å²) in [5.74, 6) is -7.86. The first-order chi connectivity index (χ1) is 10.9. The zero-order valence-electron chi connectivity index (χ0n) is 12.3. The first-order valence-electron chi connectivity index (χ1n) is 6.66. The lowest BCUT2D eigenvalue weighted by Gasteiger charge is -2.16. The minimum absolute atomic E-state index is 0.203. The number of aromatic nitrogens is 2. The van der Waals surface area contributed by atoms with Crippen LogP contribution < -0.4 is 4.74 Å². The molecule has 0 bridgehead atoms. The van der Waals surface area contributed by atoms with Gasteiger partial charge >= 0.3 is 17.9 Å². The summed E-state index contributed by atoms with van der Waals surface area (Å²) in [7, 11) is 0. The summed E-state index contributed by atoms with van der Waals surface area (Å²) in [6.45, 7) is 2.87. The molecule has 0 aliphatic rings.